The number of carboxylic acid groups (broad SMARTS) is 1. The molecule has 0 radical (unpaired) electrons. The summed E-state index contributed by atoms with van der Waals surface area (Å²) < 4.78 is 24.5. The van der Waals surface area contributed by atoms with Crippen molar-refractivity contribution in [2.45, 2.75) is 12.8 Å². The predicted molar refractivity (Wildman–Crippen MR) is 85.1 cm³/mol. The number of nitrogens with zero attached hydrogens (tertiary/aromatic N) is 2. The van der Waals surface area contributed by atoms with Gasteiger partial charge in [-0.3, -0.25) is 19.3 Å². The van der Waals surface area contributed by atoms with Crippen LogP contribution < -0.4 is 0 Å². The second-order valence-corrected chi connectivity index (χ2v) is 7.68. The van der Waals surface area contributed by atoms with Gasteiger partial charge in [0.1, 0.15) is 6.54 Å². The maximum Gasteiger partial charge on any atom is 0.318 e. The Morgan fingerprint density at radius 2 is 1.67 bits per heavy atom. The van der Waals surface area contributed by atoms with Crippen LogP contribution in [0, 0.1) is 0 Å². The summed E-state index contributed by atoms with van der Waals surface area (Å²) >= 11 is 0. The van der Waals surface area contributed by atoms with Gasteiger partial charge in [-0.1, -0.05) is 12.1 Å². The standard InChI is InChI=1S/C15H18N2O6S/c1-16(10-13(18)19)24(22,23)9-5-4-8-17-14(20)11-6-2-3-7-12(11)15(17)21/h2-3,6-7H,4-5,8-10H2,1H3,(H,18,19). The molecule has 0 aliphatic carbocycles. The summed E-state index contributed by atoms with van der Waals surface area (Å²) in [5.41, 5.74) is 0.715. The number of fused-ring (bicyclic) bond motifs is 1. The Hall–Kier alpha value is -2.26. The Morgan fingerprint density at radius 3 is 2.17 bits per heavy atom. The third kappa shape index (κ3) is 3.80. The van der Waals surface area contributed by atoms with Crippen LogP contribution in [0.25, 0.3) is 0 Å². The molecule has 130 valence electrons. The van der Waals surface area contributed by atoms with Crippen LogP contribution >= 0.6 is 0 Å². The van der Waals surface area contributed by atoms with Crippen LogP contribution in [0.2, 0.25) is 0 Å². The van der Waals surface area contributed by atoms with Gasteiger partial charge in [0, 0.05) is 13.6 Å². The van der Waals surface area contributed by atoms with Crippen LogP contribution in [0.15, 0.2) is 24.3 Å². The minimum Gasteiger partial charge on any atom is -0.480 e. The molecule has 1 aliphatic rings. The number of aliphatic carboxylic acids is 1. The first-order valence-corrected chi connectivity index (χ1v) is 8.96. The highest BCUT2D eigenvalue weighted by Crippen LogP contribution is 2.22. The smallest absolute Gasteiger partial charge is 0.318 e. The number of benzene rings is 1. The van der Waals surface area contributed by atoms with Crippen LogP contribution in [-0.2, 0) is 14.8 Å². The summed E-state index contributed by atoms with van der Waals surface area (Å²) in [6, 6.07) is 6.53. The zero-order valence-electron chi connectivity index (χ0n) is 13.1. The summed E-state index contributed by atoms with van der Waals surface area (Å²) in [6.45, 7) is -0.467. The molecule has 0 saturated heterocycles. The van der Waals surface area contributed by atoms with E-state index < -0.39 is 22.5 Å². The first-order valence-electron chi connectivity index (χ1n) is 7.35. The minimum atomic E-state index is -3.67. The van der Waals surface area contributed by atoms with E-state index in [1.807, 2.05) is 0 Å². The molecular weight excluding hydrogens is 336 g/mol. The zero-order chi connectivity index (χ0) is 17.9. The minimum absolute atomic E-state index is 0.129. The molecule has 1 aromatic rings. The van der Waals surface area contributed by atoms with Crippen molar-refractivity contribution < 1.29 is 27.9 Å². The lowest BCUT2D eigenvalue weighted by Crippen LogP contribution is -2.34. The maximum atomic E-state index is 12.1. The van der Waals surface area contributed by atoms with Crippen LogP contribution in [0.5, 0.6) is 0 Å². The molecule has 8 nitrogen and oxygen atoms in total. The average molecular weight is 354 g/mol. The van der Waals surface area contributed by atoms with Gasteiger partial charge in [0.05, 0.1) is 16.9 Å². The SMILES string of the molecule is CN(CC(=O)O)S(=O)(=O)CCCCN1C(=O)c2ccccc2C1=O. The van der Waals surface area contributed by atoms with Crippen molar-refractivity contribution in [2.24, 2.45) is 0 Å². The molecule has 0 fully saturated rings. The summed E-state index contributed by atoms with van der Waals surface area (Å²) in [6.07, 6.45) is 0.547. The maximum absolute atomic E-state index is 12.1. The second kappa shape index (κ2) is 7.10. The third-order valence-electron chi connectivity index (χ3n) is 3.74. The normalized spacial score (nSPS) is 14.3. The van der Waals surface area contributed by atoms with Crippen LogP contribution in [0.1, 0.15) is 33.6 Å². The van der Waals surface area contributed by atoms with Crippen molar-refractivity contribution >= 4 is 27.8 Å². The highest BCUT2D eigenvalue weighted by atomic mass is 32.2. The Bertz CT molecular complexity index is 739. The van der Waals surface area contributed by atoms with Gasteiger partial charge >= 0.3 is 5.97 Å². The van der Waals surface area contributed by atoms with E-state index in [0.29, 0.717) is 17.5 Å². The van der Waals surface area contributed by atoms with Crippen molar-refractivity contribution in [1.29, 1.82) is 0 Å². The molecule has 0 bridgehead atoms. The van der Waals surface area contributed by atoms with Crippen LogP contribution in [0.4, 0.5) is 0 Å². The second-order valence-electron chi connectivity index (χ2n) is 5.48. The van der Waals surface area contributed by atoms with Crippen molar-refractivity contribution in [1.82, 2.24) is 9.21 Å². The van der Waals surface area contributed by atoms with Gasteiger partial charge in [0.2, 0.25) is 10.0 Å². The number of carbonyl (C=O) groups is 3. The number of hydrogen-bond acceptors (Lipinski definition) is 5. The fraction of sp³-hybridized carbons (Fsp3) is 0.400. The van der Waals surface area contributed by atoms with Gasteiger partial charge in [-0.05, 0) is 25.0 Å². The Morgan fingerprint density at radius 1 is 1.12 bits per heavy atom. The highest BCUT2D eigenvalue weighted by Gasteiger charge is 2.34. The molecule has 9 heteroatoms. The molecule has 1 aliphatic heterocycles. The van der Waals surface area contributed by atoms with Crippen LogP contribution in [-0.4, -0.2) is 66.4 Å². The lowest BCUT2D eigenvalue weighted by molar-refractivity contribution is -0.137. The molecular formula is C15H18N2O6S. The Balaban J connectivity index is 1.87. The Kier molecular flexibility index (Phi) is 5.35. The van der Waals surface area contributed by atoms with E-state index >= 15 is 0 Å². The van der Waals surface area contributed by atoms with Gasteiger partial charge < -0.3 is 5.11 Å². The molecule has 24 heavy (non-hydrogen) atoms. The van der Waals surface area contributed by atoms with Gasteiger partial charge in [-0.2, -0.15) is 4.31 Å². The van der Waals surface area contributed by atoms with Gasteiger partial charge in [0.25, 0.3) is 11.8 Å². The number of rotatable bonds is 8. The third-order valence-corrected chi connectivity index (χ3v) is 5.63. The van der Waals surface area contributed by atoms with Crippen molar-refractivity contribution in [3.63, 3.8) is 0 Å². The molecule has 0 unspecified atom stereocenters. The fourth-order valence-electron chi connectivity index (χ4n) is 2.44. The zero-order valence-corrected chi connectivity index (χ0v) is 14.0. The number of sulfonamides is 1. The molecule has 1 heterocycles. The summed E-state index contributed by atoms with van der Waals surface area (Å²) in [5, 5.41) is 8.62. The van der Waals surface area contributed by atoms with Crippen molar-refractivity contribution in [3.05, 3.63) is 35.4 Å². The fourth-order valence-corrected chi connectivity index (χ4v) is 3.63. The van der Waals surface area contributed by atoms with Crippen molar-refractivity contribution in [2.75, 3.05) is 25.9 Å². The average Bonchev–Trinajstić information content (AvgIpc) is 2.76. The number of carboxylic acids is 1. The lowest BCUT2D eigenvalue weighted by Gasteiger charge is -2.16. The summed E-state index contributed by atoms with van der Waals surface area (Å²) in [4.78, 5) is 35.9. The lowest BCUT2D eigenvalue weighted by atomic mass is 10.1. The number of unbranched alkanes of at least 4 members (excludes halogenated alkanes) is 1. The van der Waals surface area contributed by atoms with Gasteiger partial charge in [-0.25, -0.2) is 8.42 Å². The van der Waals surface area contributed by atoms with E-state index in [1.165, 1.54) is 7.05 Å². The van der Waals surface area contributed by atoms with Gasteiger partial charge in [0.15, 0.2) is 0 Å². The summed E-state index contributed by atoms with van der Waals surface area (Å²) in [5.74, 6) is -2.21. The number of likely N-dealkylation sites (N-methyl/N-ethyl adjacent to an activating group) is 1. The van der Waals surface area contributed by atoms with E-state index in [9.17, 15) is 22.8 Å². The highest BCUT2D eigenvalue weighted by molar-refractivity contribution is 7.89. The van der Waals surface area contributed by atoms with E-state index in [4.69, 9.17) is 5.11 Å². The van der Waals surface area contributed by atoms with Gasteiger partial charge in [-0.15, -0.1) is 0 Å². The number of carbonyl (C=O) groups excluding carboxylic acids is 2. The number of imide groups is 1. The predicted octanol–water partition coefficient (Wildman–Crippen LogP) is 0.409. The molecule has 2 rings (SSSR count). The topological polar surface area (TPSA) is 112 Å². The van der Waals surface area contributed by atoms with Crippen LogP contribution in [0.3, 0.4) is 0 Å². The van der Waals surface area contributed by atoms with E-state index in [1.54, 1.807) is 24.3 Å². The monoisotopic (exact) mass is 354 g/mol. The molecule has 0 saturated carbocycles. The van der Waals surface area contributed by atoms with E-state index in [-0.39, 0.29) is 30.5 Å². The first-order chi connectivity index (χ1) is 11.2. The Labute approximate surface area is 139 Å². The molecule has 0 aromatic heterocycles. The summed E-state index contributed by atoms with van der Waals surface area (Å²) in [7, 11) is -2.47. The number of amides is 2. The van der Waals surface area contributed by atoms with E-state index in [2.05, 4.69) is 0 Å². The largest absolute Gasteiger partial charge is 0.480 e. The molecule has 1 N–H and O–H groups in total. The quantitative estimate of drug-likeness (QED) is 0.534. The molecule has 0 spiro atoms. The molecule has 0 atom stereocenters. The first kappa shape index (κ1) is 18.1. The number of hydrogen-bond donors (Lipinski definition) is 1. The van der Waals surface area contributed by atoms with Crippen molar-refractivity contribution in [3.8, 4) is 0 Å². The molecule has 1 aromatic carbocycles. The van der Waals surface area contributed by atoms with E-state index in [0.717, 1.165) is 9.21 Å². The molecule has 2 amide bonds.